The molecule has 0 saturated carbocycles. The molecule has 2 rings (SSSR count). The van der Waals surface area contributed by atoms with Crippen LogP contribution in [0.5, 0.6) is 0 Å². The van der Waals surface area contributed by atoms with Gasteiger partial charge in [-0.2, -0.15) is 0 Å². The number of carbonyl (C=O) groups excluding carboxylic acids is 1. The van der Waals surface area contributed by atoms with Gasteiger partial charge >= 0.3 is 0 Å². The zero-order chi connectivity index (χ0) is 14.7. The molecule has 0 aliphatic carbocycles. The van der Waals surface area contributed by atoms with Crippen LogP contribution in [0.15, 0.2) is 36.4 Å². The Kier molecular flexibility index (Phi) is 3.98. The lowest BCUT2D eigenvalue weighted by atomic mass is 10.1. The number of nitrogen functional groups attached to an aromatic ring is 1. The summed E-state index contributed by atoms with van der Waals surface area (Å²) in [6, 6.07) is 9.38. The Morgan fingerprint density at radius 1 is 1.35 bits per heavy atom. The molecule has 104 valence electrons. The number of pyridine rings is 1. The number of halogens is 1. The number of hydrogen-bond acceptors (Lipinski definition) is 3. The van der Waals surface area contributed by atoms with Crippen LogP contribution in [0.3, 0.4) is 0 Å². The lowest BCUT2D eigenvalue weighted by Crippen LogP contribution is -2.27. The molecule has 1 heterocycles. The van der Waals surface area contributed by atoms with Gasteiger partial charge in [0.2, 0.25) is 0 Å². The van der Waals surface area contributed by atoms with Gasteiger partial charge in [-0.15, -0.1) is 0 Å². The van der Waals surface area contributed by atoms with E-state index in [0.29, 0.717) is 6.54 Å². The molecule has 0 radical (unpaired) electrons. The smallest absolute Gasteiger partial charge is 0.256 e. The average Bonchev–Trinajstić information content (AvgIpc) is 2.40. The molecule has 0 spiro atoms. The van der Waals surface area contributed by atoms with Gasteiger partial charge in [-0.25, -0.2) is 4.39 Å². The van der Waals surface area contributed by atoms with E-state index in [1.165, 1.54) is 17.0 Å². The van der Waals surface area contributed by atoms with Crippen LogP contribution >= 0.6 is 0 Å². The zero-order valence-corrected chi connectivity index (χ0v) is 11.4. The average molecular weight is 273 g/mol. The summed E-state index contributed by atoms with van der Waals surface area (Å²) in [5.41, 5.74) is 7.80. The number of nitrogens with zero attached hydrogens (tertiary/aromatic N) is 2. The minimum atomic E-state index is -0.482. The summed E-state index contributed by atoms with van der Waals surface area (Å²) in [6.07, 6.45) is 0. The van der Waals surface area contributed by atoms with Gasteiger partial charge in [0.05, 0.1) is 17.8 Å². The number of carbonyl (C=O) groups is 1. The Morgan fingerprint density at radius 3 is 2.80 bits per heavy atom. The fourth-order valence-corrected chi connectivity index (χ4v) is 1.92. The monoisotopic (exact) mass is 273 g/mol. The van der Waals surface area contributed by atoms with Crippen LogP contribution in [0, 0.1) is 12.7 Å². The maximum Gasteiger partial charge on any atom is 0.256 e. The third-order valence-electron chi connectivity index (χ3n) is 2.94. The van der Waals surface area contributed by atoms with E-state index in [1.54, 1.807) is 7.05 Å². The zero-order valence-electron chi connectivity index (χ0n) is 11.4. The van der Waals surface area contributed by atoms with Crippen molar-refractivity contribution in [1.82, 2.24) is 9.88 Å². The minimum absolute atomic E-state index is 0.167. The van der Waals surface area contributed by atoms with Crippen molar-refractivity contribution in [1.29, 1.82) is 0 Å². The Morgan fingerprint density at radius 2 is 2.10 bits per heavy atom. The van der Waals surface area contributed by atoms with E-state index in [0.717, 1.165) is 17.5 Å². The van der Waals surface area contributed by atoms with Crippen molar-refractivity contribution >= 4 is 11.6 Å². The molecule has 2 N–H and O–H groups in total. The summed E-state index contributed by atoms with van der Waals surface area (Å²) in [5.74, 6) is -0.810. The molecule has 0 aliphatic heterocycles. The maximum atomic E-state index is 13.2. The molecule has 2 aromatic rings. The van der Waals surface area contributed by atoms with Crippen LogP contribution < -0.4 is 5.73 Å². The lowest BCUT2D eigenvalue weighted by Gasteiger charge is -2.18. The standard InChI is InChI=1S/C15H16FN3O/c1-10-4-3-5-12(18-10)9-19(2)15(20)13-8-11(16)6-7-14(13)17/h3-8H,9,17H2,1-2H3. The van der Waals surface area contributed by atoms with E-state index in [4.69, 9.17) is 5.73 Å². The summed E-state index contributed by atoms with van der Waals surface area (Å²) in [5, 5.41) is 0. The van der Waals surface area contributed by atoms with Crippen LogP contribution in [0.25, 0.3) is 0 Å². The molecule has 20 heavy (non-hydrogen) atoms. The largest absolute Gasteiger partial charge is 0.398 e. The second-order valence-electron chi connectivity index (χ2n) is 4.66. The number of anilines is 1. The molecule has 0 saturated heterocycles. The second kappa shape index (κ2) is 5.69. The summed E-state index contributed by atoms with van der Waals surface area (Å²) in [4.78, 5) is 18.1. The van der Waals surface area contributed by atoms with Crippen molar-refractivity contribution in [2.24, 2.45) is 0 Å². The SMILES string of the molecule is Cc1cccc(CN(C)C(=O)c2cc(F)ccc2N)n1. The molecule has 0 fully saturated rings. The van der Waals surface area contributed by atoms with Gasteiger partial charge in [0, 0.05) is 18.4 Å². The first kappa shape index (κ1) is 14.0. The predicted molar refractivity (Wildman–Crippen MR) is 75.6 cm³/mol. The first-order chi connectivity index (χ1) is 9.47. The molecular formula is C15H16FN3O. The molecule has 1 aromatic heterocycles. The molecule has 0 bridgehead atoms. The van der Waals surface area contributed by atoms with E-state index in [9.17, 15) is 9.18 Å². The number of benzene rings is 1. The summed E-state index contributed by atoms with van der Waals surface area (Å²) in [7, 11) is 1.64. The molecule has 4 nitrogen and oxygen atoms in total. The van der Waals surface area contributed by atoms with Crippen LogP contribution in [0.1, 0.15) is 21.7 Å². The van der Waals surface area contributed by atoms with Crippen molar-refractivity contribution in [2.75, 3.05) is 12.8 Å². The van der Waals surface area contributed by atoms with E-state index >= 15 is 0 Å². The van der Waals surface area contributed by atoms with Crippen molar-refractivity contribution in [3.8, 4) is 0 Å². The Bertz CT molecular complexity index is 643. The second-order valence-corrected chi connectivity index (χ2v) is 4.66. The molecule has 0 atom stereocenters. The summed E-state index contributed by atoms with van der Waals surface area (Å²) >= 11 is 0. The van der Waals surface area contributed by atoms with Crippen LogP contribution in [0.4, 0.5) is 10.1 Å². The van der Waals surface area contributed by atoms with Gasteiger partial charge < -0.3 is 10.6 Å². The van der Waals surface area contributed by atoms with Crippen LogP contribution in [-0.4, -0.2) is 22.8 Å². The molecule has 1 aromatic carbocycles. The van der Waals surface area contributed by atoms with Gasteiger partial charge in [0.15, 0.2) is 0 Å². The number of amides is 1. The van der Waals surface area contributed by atoms with Crippen LogP contribution in [-0.2, 0) is 6.54 Å². The first-order valence-corrected chi connectivity index (χ1v) is 6.20. The number of rotatable bonds is 3. The van der Waals surface area contributed by atoms with Crippen molar-refractivity contribution in [3.05, 3.63) is 59.2 Å². The van der Waals surface area contributed by atoms with Crippen molar-refractivity contribution in [3.63, 3.8) is 0 Å². The quantitative estimate of drug-likeness (QED) is 0.873. The topological polar surface area (TPSA) is 59.2 Å². The highest BCUT2D eigenvalue weighted by Crippen LogP contribution is 2.16. The van der Waals surface area contributed by atoms with Gasteiger partial charge in [0.25, 0.3) is 5.91 Å². The third kappa shape index (κ3) is 3.12. The number of aryl methyl sites for hydroxylation is 1. The molecule has 0 unspecified atom stereocenters. The van der Waals surface area contributed by atoms with Gasteiger partial charge in [-0.3, -0.25) is 9.78 Å². The first-order valence-electron chi connectivity index (χ1n) is 6.20. The fourth-order valence-electron chi connectivity index (χ4n) is 1.92. The highest BCUT2D eigenvalue weighted by atomic mass is 19.1. The number of nitrogens with two attached hydrogens (primary N) is 1. The predicted octanol–water partition coefficient (Wildman–Crippen LogP) is 2.38. The number of hydrogen-bond donors (Lipinski definition) is 1. The molecule has 5 heteroatoms. The van der Waals surface area contributed by atoms with Gasteiger partial charge in [0.1, 0.15) is 5.82 Å². The minimum Gasteiger partial charge on any atom is -0.398 e. The Hall–Kier alpha value is -2.43. The lowest BCUT2D eigenvalue weighted by molar-refractivity contribution is 0.0784. The van der Waals surface area contributed by atoms with E-state index in [1.807, 2.05) is 25.1 Å². The molecule has 1 amide bonds. The van der Waals surface area contributed by atoms with E-state index < -0.39 is 5.82 Å². The van der Waals surface area contributed by atoms with Crippen molar-refractivity contribution in [2.45, 2.75) is 13.5 Å². The maximum absolute atomic E-state index is 13.2. The highest BCUT2D eigenvalue weighted by molar-refractivity contribution is 5.98. The molecule has 0 aliphatic rings. The Labute approximate surface area is 117 Å². The van der Waals surface area contributed by atoms with E-state index in [2.05, 4.69) is 4.98 Å². The van der Waals surface area contributed by atoms with Crippen molar-refractivity contribution < 1.29 is 9.18 Å². The van der Waals surface area contributed by atoms with E-state index in [-0.39, 0.29) is 17.2 Å². The normalized spacial score (nSPS) is 10.3. The third-order valence-corrected chi connectivity index (χ3v) is 2.94. The van der Waals surface area contributed by atoms with Gasteiger partial charge in [-0.05, 0) is 37.3 Å². The summed E-state index contributed by atoms with van der Waals surface area (Å²) in [6.45, 7) is 2.23. The van der Waals surface area contributed by atoms with Gasteiger partial charge in [-0.1, -0.05) is 6.07 Å². The Balaban J connectivity index is 2.18. The number of aromatic nitrogens is 1. The van der Waals surface area contributed by atoms with Crippen LogP contribution in [0.2, 0.25) is 0 Å². The summed E-state index contributed by atoms with van der Waals surface area (Å²) < 4.78 is 13.2. The molecular weight excluding hydrogens is 257 g/mol. The highest BCUT2D eigenvalue weighted by Gasteiger charge is 2.16. The fraction of sp³-hybridized carbons (Fsp3) is 0.200.